The van der Waals surface area contributed by atoms with E-state index in [9.17, 15) is 32.3 Å². The Morgan fingerprint density at radius 2 is 1.71 bits per heavy atom. The molecule has 190 valence electrons. The van der Waals surface area contributed by atoms with Gasteiger partial charge in [-0.25, -0.2) is 4.39 Å². The van der Waals surface area contributed by atoms with E-state index in [1.807, 2.05) is 0 Å². The van der Waals surface area contributed by atoms with E-state index in [1.54, 1.807) is 6.92 Å². The summed E-state index contributed by atoms with van der Waals surface area (Å²) in [5, 5.41) is 20.2. The van der Waals surface area contributed by atoms with Gasteiger partial charge in [0.15, 0.2) is 5.60 Å². The molecule has 35 heavy (non-hydrogen) atoms. The van der Waals surface area contributed by atoms with Crippen molar-refractivity contribution in [3.8, 4) is 0 Å². The second-order valence-electron chi connectivity index (χ2n) is 7.33. The van der Waals surface area contributed by atoms with Gasteiger partial charge in [0.2, 0.25) is 5.91 Å². The highest BCUT2D eigenvalue weighted by atomic mass is 35.5. The maximum atomic E-state index is 14.2. The van der Waals surface area contributed by atoms with Crippen molar-refractivity contribution in [3.05, 3.63) is 67.9 Å². The topological polar surface area (TPSA) is 99.5 Å². The first-order chi connectivity index (χ1) is 16.2. The van der Waals surface area contributed by atoms with Crippen LogP contribution in [0, 0.1) is 11.2 Å². The smallest absolute Gasteiger partial charge is 0.421 e. The Bertz CT molecular complexity index is 1120. The van der Waals surface area contributed by atoms with Crippen LogP contribution in [0.2, 0.25) is 15.1 Å². The van der Waals surface area contributed by atoms with Crippen molar-refractivity contribution in [1.82, 2.24) is 5.32 Å². The SMILES string of the molecule is CCOC(=O)CC(=O)NCc1cc(C(=N)CC(O)(c2cc(Cl)c(Cl)c(Cl)c2)C(F)(F)F)ccc1F. The van der Waals surface area contributed by atoms with Gasteiger partial charge in [-0.05, 0) is 42.3 Å². The number of benzene rings is 2. The molecule has 1 atom stereocenters. The molecule has 2 aromatic rings. The van der Waals surface area contributed by atoms with Crippen molar-refractivity contribution in [2.45, 2.75) is 38.1 Å². The summed E-state index contributed by atoms with van der Waals surface area (Å²) in [6, 6.07) is 4.61. The number of hydrogen-bond donors (Lipinski definition) is 3. The molecule has 0 fully saturated rings. The van der Waals surface area contributed by atoms with Crippen molar-refractivity contribution in [3.63, 3.8) is 0 Å². The molecule has 0 aliphatic heterocycles. The van der Waals surface area contributed by atoms with Crippen molar-refractivity contribution >= 4 is 52.4 Å². The summed E-state index contributed by atoms with van der Waals surface area (Å²) in [6.45, 7) is 1.22. The van der Waals surface area contributed by atoms with Gasteiger partial charge < -0.3 is 20.6 Å². The zero-order valence-electron chi connectivity index (χ0n) is 18.0. The number of hydrogen-bond acceptors (Lipinski definition) is 5. The van der Waals surface area contributed by atoms with E-state index in [4.69, 9.17) is 40.2 Å². The molecule has 1 amide bonds. The first kappa shape index (κ1) is 28.8. The minimum Gasteiger partial charge on any atom is -0.466 e. The van der Waals surface area contributed by atoms with Gasteiger partial charge in [0.1, 0.15) is 12.2 Å². The number of alkyl halides is 3. The van der Waals surface area contributed by atoms with Gasteiger partial charge in [0.05, 0.1) is 21.7 Å². The fourth-order valence-electron chi connectivity index (χ4n) is 3.02. The first-order valence-electron chi connectivity index (χ1n) is 9.92. The van der Waals surface area contributed by atoms with Crippen LogP contribution in [0.3, 0.4) is 0 Å². The average Bonchev–Trinajstić information content (AvgIpc) is 2.75. The van der Waals surface area contributed by atoms with Crippen LogP contribution < -0.4 is 5.32 Å². The number of esters is 1. The first-order valence-corrected chi connectivity index (χ1v) is 11.1. The quantitative estimate of drug-likeness (QED) is 0.124. The van der Waals surface area contributed by atoms with E-state index in [2.05, 4.69) is 10.1 Å². The molecule has 0 radical (unpaired) electrons. The monoisotopic (exact) mass is 556 g/mol. The lowest BCUT2D eigenvalue weighted by atomic mass is 9.85. The molecule has 3 N–H and O–H groups in total. The van der Waals surface area contributed by atoms with Gasteiger partial charge in [-0.2, -0.15) is 13.2 Å². The van der Waals surface area contributed by atoms with Gasteiger partial charge in [0.25, 0.3) is 0 Å². The minimum absolute atomic E-state index is 0.0730. The normalized spacial score (nSPS) is 13.2. The summed E-state index contributed by atoms with van der Waals surface area (Å²) in [5.41, 5.74) is -5.29. The Labute approximate surface area is 212 Å². The van der Waals surface area contributed by atoms with E-state index >= 15 is 0 Å². The maximum absolute atomic E-state index is 14.2. The molecule has 0 bridgehead atoms. The summed E-state index contributed by atoms with van der Waals surface area (Å²) in [6.07, 6.45) is -7.11. The number of ether oxygens (including phenoxy) is 1. The third-order valence-corrected chi connectivity index (χ3v) is 6.04. The summed E-state index contributed by atoms with van der Waals surface area (Å²) in [4.78, 5) is 23.1. The zero-order valence-corrected chi connectivity index (χ0v) is 20.3. The van der Waals surface area contributed by atoms with Gasteiger partial charge in [-0.1, -0.05) is 40.9 Å². The molecule has 6 nitrogen and oxygen atoms in total. The van der Waals surface area contributed by atoms with Crippen LogP contribution in [0.1, 0.15) is 36.5 Å². The lowest BCUT2D eigenvalue weighted by Gasteiger charge is -2.31. The summed E-state index contributed by atoms with van der Waals surface area (Å²) < 4.78 is 60.6. The molecule has 0 aromatic heterocycles. The molecule has 2 aromatic carbocycles. The Kier molecular flexibility index (Phi) is 9.52. The highest BCUT2D eigenvalue weighted by Gasteiger charge is 2.55. The predicted molar refractivity (Wildman–Crippen MR) is 122 cm³/mol. The number of halogens is 7. The van der Waals surface area contributed by atoms with Crippen molar-refractivity contribution in [2.75, 3.05) is 6.61 Å². The van der Waals surface area contributed by atoms with Gasteiger partial charge in [-0.15, -0.1) is 0 Å². The van der Waals surface area contributed by atoms with Crippen LogP contribution in [0.25, 0.3) is 0 Å². The van der Waals surface area contributed by atoms with Gasteiger partial charge in [-0.3, -0.25) is 9.59 Å². The largest absolute Gasteiger partial charge is 0.466 e. The minimum atomic E-state index is -5.25. The number of amides is 1. The summed E-state index contributed by atoms with van der Waals surface area (Å²) >= 11 is 17.4. The number of carbonyl (C=O) groups is 2. The maximum Gasteiger partial charge on any atom is 0.421 e. The second-order valence-corrected chi connectivity index (χ2v) is 8.52. The Balaban J connectivity index is 2.28. The standard InChI is InChI=1S/C22H19Cl3F4N2O4/c1-2-35-19(33)8-18(32)31-10-12-5-11(3-4-16(12)26)17(30)9-21(34,22(27,28)29)13-6-14(23)20(25)15(24)7-13/h3-7,30,34H,2,8-10H2,1H3,(H,31,32). The van der Waals surface area contributed by atoms with Crippen LogP contribution >= 0.6 is 34.8 Å². The molecule has 0 saturated carbocycles. The van der Waals surface area contributed by atoms with Crippen LogP contribution in [0.4, 0.5) is 17.6 Å². The number of carbonyl (C=O) groups excluding carboxylic acids is 2. The van der Waals surface area contributed by atoms with E-state index in [0.29, 0.717) is 0 Å². The fourth-order valence-corrected chi connectivity index (χ4v) is 3.61. The molecule has 0 spiro atoms. The molecule has 0 heterocycles. The average molecular weight is 558 g/mol. The van der Waals surface area contributed by atoms with E-state index < -0.39 is 60.1 Å². The number of nitrogens with one attached hydrogen (secondary N) is 2. The lowest BCUT2D eigenvalue weighted by molar-refractivity contribution is -0.263. The lowest BCUT2D eigenvalue weighted by Crippen LogP contribution is -2.44. The zero-order chi connectivity index (χ0) is 26.6. The van der Waals surface area contributed by atoms with Crippen molar-refractivity contribution in [2.24, 2.45) is 0 Å². The highest BCUT2D eigenvalue weighted by molar-refractivity contribution is 6.48. The Morgan fingerprint density at radius 1 is 1.11 bits per heavy atom. The van der Waals surface area contributed by atoms with Crippen LogP contribution in [0.15, 0.2) is 30.3 Å². The highest BCUT2D eigenvalue weighted by Crippen LogP contribution is 2.45. The third-order valence-electron chi connectivity index (χ3n) is 4.84. The number of aliphatic hydroxyl groups is 1. The van der Waals surface area contributed by atoms with Gasteiger partial charge in [0, 0.05) is 24.2 Å². The van der Waals surface area contributed by atoms with Crippen LogP contribution in [0.5, 0.6) is 0 Å². The van der Waals surface area contributed by atoms with Crippen LogP contribution in [-0.4, -0.2) is 35.5 Å². The molecule has 1 unspecified atom stereocenters. The molecule has 0 saturated heterocycles. The van der Waals surface area contributed by atoms with Gasteiger partial charge >= 0.3 is 12.1 Å². The Hall–Kier alpha value is -2.40. The Morgan fingerprint density at radius 3 is 2.26 bits per heavy atom. The van der Waals surface area contributed by atoms with E-state index in [1.165, 1.54) is 0 Å². The summed E-state index contributed by atoms with van der Waals surface area (Å²) in [5.74, 6) is -2.35. The summed E-state index contributed by atoms with van der Waals surface area (Å²) in [7, 11) is 0. The second kappa shape index (κ2) is 11.6. The van der Waals surface area contributed by atoms with E-state index in [-0.39, 0.29) is 32.8 Å². The molecule has 0 aliphatic rings. The molecule has 13 heteroatoms. The molecule has 0 aliphatic carbocycles. The third kappa shape index (κ3) is 7.07. The number of rotatable bonds is 9. The van der Waals surface area contributed by atoms with Crippen LogP contribution in [-0.2, 0) is 26.5 Å². The molecule has 2 rings (SSSR count). The molecular weight excluding hydrogens is 539 g/mol. The fraction of sp³-hybridized carbons (Fsp3) is 0.318. The van der Waals surface area contributed by atoms with Crippen molar-refractivity contribution < 1.29 is 37.0 Å². The molecular formula is C22H19Cl3F4N2O4. The van der Waals surface area contributed by atoms with E-state index in [0.717, 1.165) is 30.3 Å². The predicted octanol–water partition coefficient (Wildman–Crippen LogP) is 5.56. The van der Waals surface area contributed by atoms with Crippen molar-refractivity contribution in [1.29, 1.82) is 5.41 Å².